The van der Waals surface area contributed by atoms with E-state index >= 15 is 0 Å². The SMILES string of the molecule is O=C1C=C(OCC(CO)c2ccc3c4c(cccc24)C(=O)C(CO)=C3)c2cccc3cccc1c23. The fourth-order valence-corrected chi connectivity index (χ4v) is 5.24. The molecule has 2 aliphatic rings. The molecule has 0 saturated heterocycles. The number of hydrogen-bond acceptors (Lipinski definition) is 5. The lowest BCUT2D eigenvalue weighted by molar-refractivity contribution is 0.102. The molecule has 2 N–H and O–H groups in total. The molecule has 0 amide bonds. The Labute approximate surface area is 201 Å². The molecule has 1 unspecified atom stereocenters. The number of rotatable bonds is 6. The highest BCUT2D eigenvalue weighted by Gasteiger charge is 2.26. The minimum atomic E-state index is -0.370. The molecule has 0 aliphatic heterocycles. The highest BCUT2D eigenvalue weighted by Crippen LogP contribution is 2.37. The Bertz CT molecular complexity index is 1600. The molecule has 5 heteroatoms. The van der Waals surface area contributed by atoms with Gasteiger partial charge in [-0.3, -0.25) is 9.59 Å². The van der Waals surface area contributed by atoms with Gasteiger partial charge in [0.15, 0.2) is 11.6 Å². The van der Waals surface area contributed by atoms with Gasteiger partial charge in [-0.05, 0) is 28.0 Å². The summed E-state index contributed by atoms with van der Waals surface area (Å²) < 4.78 is 6.18. The van der Waals surface area contributed by atoms with Gasteiger partial charge in [-0.2, -0.15) is 0 Å². The normalized spacial score (nSPS) is 15.3. The van der Waals surface area contributed by atoms with Crippen molar-refractivity contribution < 1.29 is 24.5 Å². The van der Waals surface area contributed by atoms with Crippen molar-refractivity contribution in [2.75, 3.05) is 19.8 Å². The lowest BCUT2D eigenvalue weighted by Gasteiger charge is -2.24. The molecule has 0 radical (unpaired) electrons. The average molecular weight is 463 g/mol. The fraction of sp³-hybridized carbons (Fsp3) is 0.133. The number of aliphatic hydroxyl groups is 2. The molecule has 5 nitrogen and oxygen atoms in total. The van der Waals surface area contributed by atoms with E-state index in [4.69, 9.17) is 4.74 Å². The molecule has 1 atom stereocenters. The minimum Gasteiger partial charge on any atom is -0.492 e. The maximum atomic E-state index is 12.8. The third kappa shape index (κ3) is 3.32. The van der Waals surface area contributed by atoms with Gasteiger partial charge in [0.25, 0.3) is 0 Å². The molecule has 172 valence electrons. The van der Waals surface area contributed by atoms with Gasteiger partial charge < -0.3 is 14.9 Å². The summed E-state index contributed by atoms with van der Waals surface area (Å²) in [6.45, 7) is -0.307. The second-order valence-corrected chi connectivity index (χ2v) is 8.90. The van der Waals surface area contributed by atoms with Crippen LogP contribution in [0.3, 0.4) is 0 Å². The standard InChI is InChI=1S/C30H22O5/c31-14-19-12-18-10-11-21(22-6-3-9-25(29(18)22)30(19)34)20(15-32)16-35-27-13-26(33)23-7-1-4-17-5-2-8-24(27)28(17)23/h1-13,20,31-32H,14-16H2. The van der Waals surface area contributed by atoms with Crippen LogP contribution in [0.2, 0.25) is 0 Å². The molecule has 0 aromatic heterocycles. The van der Waals surface area contributed by atoms with Gasteiger partial charge in [0, 0.05) is 45.0 Å². The van der Waals surface area contributed by atoms with Gasteiger partial charge in [-0.1, -0.05) is 66.7 Å². The summed E-state index contributed by atoms with van der Waals surface area (Å²) in [5.41, 5.74) is 4.16. The van der Waals surface area contributed by atoms with Crippen molar-refractivity contribution in [3.05, 3.63) is 106 Å². The maximum absolute atomic E-state index is 12.8. The minimum absolute atomic E-state index is 0.101. The third-order valence-corrected chi connectivity index (χ3v) is 6.94. The van der Waals surface area contributed by atoms with Crippen molar-refractivity contribution in [3.8, 4) is 0 Å². The zero-order valence-electron chi connectivity index (χ0n) is 18.8. The van der Waals surface area contributed by atoms with Crippen molar-refractivity contribution in [2.24, 2.45) is 0 Å². The van der Waals surface area contributed by atoms with E-state index in [1.807, 2.05) is 60.7 Å². The second-order valence-electron chi connectivity index (χ2n) is 8.90. The molecular weight excluding hydrogens is 440 g/mol. The average Bonchev–Trinajstić information content (AvgIpc) is 2.89. The van der Waals surface area contributed by atoms with E-state index in [0.717, 1.165) is 38.2 Å². The summed E-state index contributed by atoms with van der Waals surface area (Å²) in [4.78, 5) is 25.6. The molecule has 0 bridgehead atoms. The first kappa shape index (κ1) is 21.5. The zero-order valence-corrected chi connectivity index (χ0v) is 18.8. The van der Waals surface area contributed by atoms with Crippen molar-refractivity contribution >= 4 is 44.9 Å². The van der Waals surface area contributed by atoms with Crippen LogP contribution in [0.4, 0.5) is 0 Å². The topological polar surface area (TPSA) is 83.8 Å². The Kier molecular flexibility index (Phi) is 5.10. The van der Waals surface area contributed by atoms with Crippen LogP contribution >= 0.6 is 0 Å². The molecule has 0 fully saturated rings. The Morgan fingerprint density at radius 2 is 1.51 bits per heavy atom. The number of allylic oxidation sites excluding steroid dienone is 1. The van der Waals surface area contributed by atoms with E-state index in [2.05, 4.69) is 0 Å². The first-order valence-corrected chi connectivity index (χ1v) is 11.5. The molecule has 35 heavy (non-hydrogen) atoms. The number of Topliss-reactive ketones (excluding diaryl/α,β-unsaturated/α-hetero) is 1. The lowest BCUT2D eigenvalue weighted by Crippen LogP contribution is -2.16. The molecule has 0 saturated carbocycles. The highest BCUT2D eigenvalue weighted by atomic mass is 16.5. The molecular formula is C30H22O5. The Hall–Kier alpha value is -4.06. The van der Waals surface area contributed by atoms with Crippen LogP contribution in [0.15, 0.2) is 78.4 Å². The van der Waals surface area contributed by atoms with Gasteiger partial charge in [-0.25, -0.2) is 0 Å². The van der Waals surface area contributed by atoms with Crippen LogP contribution in [0.25, 0.3) is 33.4 Å². The van der Waals surface area contributed by atoms with E-state index in [1.165, 1.54) is 6.08 Å². The molecule has 0 spiro atoms. The lowest BCUT2D eigenvalue weighted by atomic mass is 9.84. The Morgan fingerprint density at radius 1 is 0.771 bits per heavy atom. The zero-order chi connectivity index (χ0) is 24.1. The first-order chi connectivity index (χ1) is 17.1. The quantitative estimate of drug-likeness (QED) is 0.426. The smallest absolute Gasteiger partial charge is 0.191 e. The van der Waals surface area contributed by atoms with Gasteiger partial charge in [0.05, 0.1) is 19.8 Å². The van der Waals surface area contributed by atoms with E-state index in [1.54, 1.807) is 12.1 Å². The molecule has 0 heterocycles. The first-order valence-electron chi connectivity index (χ1n) is 11.5. The van der Waals surface area contributed by atoms with E-state index in [9.17, 15) is 19.8 Å². The van der Waals surface area contributed by atoms with Crippen LogP contribution in [0.5, 0.6) is 0 Å². The van der Waals surface area contributed by atoms with Crippen molar-refractivity contribution in [3.63, 3.8) is 0 Å². The van der Waals surface area contributed by atoms with Crippen LogP contribution in [0, 0.1) is 0 Å². The molecule has 4 aromatic carbocycles. The monoisotopic (exact) mass is 462 g/mol. The summed E-state index contributed by atoms with van der Waals surface area (Å²) in [6, 6.07) is 20.9. The predicted molar refractivity (Wildman–Crippen MR) is 135 cm³/mol. The number of carbonyl (C=O) groups is 2. The number of benzene rings is 4. The van der Waals surface area contributed by atoms with Crippen LogP contribution in [0.1, 0.15) is 43.3 Å². The van der Waals surface area contributed by atoms with E-state index in [-0.39, 0.29) is 37.3 Å². The Morgan fingerprint density at radius 3 is 2.29 bits per heavy atom. The summed E-state index contributed by atoms with van der Waals surface area (Å²) >= 11 is 0. The van der Waals surface area contributed by atoms with Crippen molar-refractivity contribution in [1.29, 1.82) is 0 Å². The summed E-state index contributed by atoms with van der Waals surface area (Å²) in [7, 11) is 0. The van der Waals surface area contributed by atoms with Gasteiger partial charge in [0.2, 0.25) is 0 Å². The molecule has 4 aromatic rings. The second kappa shape index (κ2) is 8.31. The maximum Gasteiger partial charge on any atom is 0.191 e. The Balaban J connectivity index is 1.37. The number of ketones is 2. The summed E-state index contributed by atoms with van der Waals surface area (Å²) in [5, 5.41) is 23.4. The molecule has 6 rings (SSSR count). The number of hydrogen-bond donors (Lipinski definition) is 2. The summed E-state index contributed by atoms with van der Waals surface area (Å²) in [6.07, 6.45) is 3.24. The van der Waals surface area contributed by atoms with Crippen molar-refractivity contribution in [1.82, 2.24) is 0 Å². The van der Waals surface area contributed by atoms with Crippen LogP contribution in [-0.2, 0) is 4.74 Å². The number of aliphatic hydroxyl groups excluding tert-OH is 2. The third-order valence-electron chi connectivity index (χ3n) is 6.94. The number of carbonyl (C=O) groups excluding carboxylic acids is 2. The predicted octanol–water partition coefficient (Wildman–Crippen LogP) is 4.89. The highest BCUT2D eigenvalue weighted by molar-refractivity contribution is 6.23. The van der Waals surface area contributed by atoms with E-state index in [0.29, 0.717) is 22.5 Å². The van der Waals surface area contributed by atoms with Gasteiger partial charge >= 0.3 is 0 Å². The fourth-order valence-electron chi connectivity index (χ4n) is 5.24. The van der Waals surface area contributed by atoms with Crippen molar-refractivity contribution in [2.45, 2.75) is 5.92 Å². The van der Waals surface area contributed by atoms with E-state index < -0.39 is 0 Å². The summed E-state index contributed by atoms with van der Waals surface area (Å²) in [5.74, 6) is -0.162. The van der Waals surface area contributed by atoms with Gasteiger partial charge in [0.1, 0.15) is 5.76 Å². The largest absolute Gasteiger partial charge is 0.492 e. The number of ether oxygens (including phenoxy) is 1. The van der Waals surface area contributed by atoms with Crippen LogP contribution in [-0.4, -0.2) is 41.6 Å². The van der Waals surface area contributed by atoms with Crippen LogP contribution < -0.4 is 0 Å². The molecule has 2 aliphatic carbocycles. The van der Waals surface area contributed by atoms with Gasteiger partial charge in [-0.15, -0.1) is 0 Å².